The minimum Gasteiger partial charge on any atom is -0.266 e. The second-order valence-corrected chi connectivity index (χ2v) is 2.49. The molecule has 0 aliphatic heterocycles. The Kier molecular flexibility index (Phi) is 6.96. The van der Waals surface area contributed by atoms with Crippen molar-refractivity contribution in [3.63, 3.8) is 0 Å². The third-order valence-electron chi connectivity index (χ3n) is 0.662. The Bertz CT molecular complexity index is 227. The highest BCUT2D eigenvalue weighted by Crippen LogP contribution is 1.60. The topological polar surface area (TPSA) is 173 Å². The SMILES string of the molecule is [O-][Cl+3]([O-])([O-])O.c1nc[nH]n1.c1nc[nH]n1. The Morgan fingerprint density at radius 2 is 1.27 bits per heavy atom. The van der Waals surface area contributed by atoms with Crippen LogP contribution in [0.3, 0.4) is 0 Å². The average Bonchev–Trinajstić information content (AvgIpc) is 2.81. The normalized spacial score (nSPS) is 9.33. The summed E-state index contributed by atoms with van der Waals surface area (Å²) in [4.78, 5) is 7.11. The van der Waals surface area contributed by atoms with Gasteiger partial charge in [-0.3, -0.25) is 10.2 Å². The van der Waals surface area contributed by atoms with Crippen molar-refractivity contribution in [3.8, 4) is 0 Å². The van der Waals surface area contributed by atoms with Gasteiger partial charge >= 0.3 is 0 Å². The lowest BCUT2D eigenvalue weighted by molar-refractivity contribution is -1.92. The summed E-state index contributed by atoms with van der Waals surface area (Å²) in [6.45, 7) is 0. The van der Waals surface area contributed by atoms with Gasteiger partial charge in [0.05, 0.1) is 14.9 Å². The monoisotopic (exact) mass is 238 g/mol. The minimum absolute atomic E-state index is 1.44. The quantitative estimate of drug-likeness (QED) is 0.411. The largest absolute Gasteiger partial charge is 0.266 e. The molecule has 0 bridgehead atoms. The summed E-state index contributed by atoms with van der Waals surface area (Å²) in [6, 6.07) is 0. The van der Waals surface area contributed by atoms with Gasteiger partial charge in [-0.15, -0.1) is 0 Å². The molecule has 2 aromatic heterocycles. The molecular weight excluding hydrogens is 232 g/mol. The van der Waals surface area contributed by atoms with Crippen LogP contribution < -0.4 is 14.0 Å². The maximum atomic E-state index is 8.60. The Morgan fingerprint density at radius 3 is 1.33 bits per heavy atom. The average molecular weight is 239 g/mol. The number of nitrogens with one attached hydrogen (secondary N) is 2. The molecule has 0 saturated carbocycles. The molecule has 0 aliphatic rings. The van der Waals surface area contributed by atoms with Crippen LogP contribution >= 0.6 is 0 Å². The second kappa shape index (κ2) is 7.78. The van der Waals surface area contributed by atoms with E-state index < -0.39 is 10.2 Å². The third-order valence-corrected chi connectivity index (χ3v) is 0.662. The molecule has 0 amide bonds. The van der Waals surface area contributed by atoms with Gasteiger partial charge in [0.25, 0.3) is 0 Å². The lowest BCUT2D eigenvalue weighted by Crippen LogP contribution is -2.58. The van der Waals surface area contributed by atoms with E-state index in [0.717, 1.165) is 0 Å². The van der Waals surface area contributed by atoms with E-state index in [0.29, 0.717) is 0 Å². The number of aromatic nitrogens is 6. The fourth-order valence-corrected chi connectivity index (χ4v) is 0.333. The van der Waals surface area contributed by atoms with Gasteiger partial charge in [-0.1, -0.05) is 0 Å². The Labute approximate surface area is 85.4 Å². The molecule has 0 aromatic carbocycles. The predicted octanol–water partition coefficient (Wildman–Crippen LogP) is -4.51. The number of aromatic amines is 2. The maximum Gasteiger partial charge on any atom is 0.137 e. The van der Waals surface area contributed by atoms with Crippen LogP contribution in [-0.2, 0) is 0 Å². The zero-order valence-corrected chi connectivity index (χ0v) is 7.90. The first-order valence-corrected chi connectivity index (χ1v) is 4.47. The molecule has 10 nitrogen and oxygen atoms in total. The number of rotatable bonds is 0. The summed E-state index contributed by atoms with van der Waals surface area (Å²) in [5.41, 5.74) is 0. The lowest BCUT2D eigenvalue weighted by Gasteiger charge is -2.03. The van der Waals surface area contributed by atoms with Crippen molar-refractivity contribution in [1.29, 1.82) is 0 Å². The third kappa shape index (κ3) is 19.0. The molecule has 3 N–H and O–H groups in total. The molecule has 0 unspecified atom stereocenters. The molecule has 2 rings (SSSR count). The Balaban J connectivity index is 0.000000196. The smallest absolute Gasteiger partial charge is 0.137 e. The number of nitrogens with zero attached hydrogens (tertiary/aromatic N) is 4. The van der Waals surface area contributed by atoms with Gasteiger partial charge in [-0.2, -0.15) is 24.2 Å². The minimum atomic E-state index is -4.69. The van der Waals surface area contributed by atoms with Gasteiger partial charge in [0.15, 0.2) is 0 Å². The van der Waals surface area contributed by atoms with E-state index in [2.05, 4.69) is 30.4 Å². The van der Waals surface area contributed by atoms with Gasteiger partial charge < -0.3 is 0 Å². The Morgan fingerprint density at radius 1 is 0.933 bits per heavy atom. The zero-order valence-electron chi connectivity index (χ0n) is 7.15. The fourth-order valence-electron chi connectivity index (χ4n) is 0.333. The molecule has 11 heteroatoms. The summed E-state index contributed by atoms with van der Waals surface area (Å²) >= 11 is 0. The summed E-state index contributed by atoms with van der Waals surface area (Å²) in [6.07, 6.45) is 5.92. The zero-order chi connectivity index (χ0) is 11.6. The van der Waals surface area contributed by atoms with Gasteiger partial charge in [0.1, 0.15) is 25.3 Å². The van der Waals surface area contributed by atoms with E-state index in [-0.39, 0.29) is 0 Å². The molecule has 84 valence electrons. The van der Waals surface area contributed by atoms with E-state index in [1.165, 1.54) is 25.3 Å². The van der Waals surface area contributed by atoms with Crippen molar-refractivity contribution in [1.82, 2.24) is 30.4 Å². The van der Waals surface area contributed by atoms with Crippen molar-refractivity contribution in [2.75, 3.05) is 0 Å². The standard InChI is InChI=1S/2C2H3N3.ClHO4/c2*1-3-2-5-4-1;2-1(3,4)5/h2*1-2H,(H,3,4,5);(H,2,3,4,5). The van der Waals surface area contributed by atoms with Gasteiger partial charge in [-0.05, 0) is 0 Å². The van der Waals surface area contributed by atoms with Crippen LogP contribution in [0.2, 0.25) is 0 Å². The molecule has 0 saturated heterocycles. The van der Waals surface area contributed by atoms with Crippen LogP contribution in [0.5, 0.6) is 0 Å². The molecule has 0 radical (unpaired) electrons. The highest BCUT2D eigenvalue weighted by atomic mass is 35.7. The van der Waals surface area contributed by atoms with Crippen LogP contribution in [0.15, 0.2) is 25.3 Å². The fraction of sp³-hybridized carbons (Fsp3) is 0. The first kappa shape index (κ1) is 13.4. The van der Waals surface area contributed by atoms with Crippen molar-refractivity contribution in [3.05, 3.63) is 25.3 Å². The molecule has 2 heterocycles. The molecule has 15 heavy (non-hydrogen) atoms. The highest BCUT2D eigenvalue weighted by Gasteiger charge is 1.98. The van der Waals surface area contributed by atoms with E-state index in [1.807, 2.05) is 0 Å². The van der Waals surface area contributed by atoms with Crippen LogP contribution in [0.1, 0.15) is 0 Å². The Hall–Kier alpha value is -1.59. The van der Waals surface area contributed by atoms with E-state index in [4.69, 9.17) is 18.6 Å². The van der Waals surface area contributed by atoms with E-state index >= 15 is 0 Å². The highest BCUT2D eigenvalue weighted by molar-refractivity contribution is 4.43. The number of hydrogen-bond acceptors (Lipinski definition) is 8. The first-order valence-electron chi connectivity index (χ1n) is 3.21. The van der Waals surface area contributed by atoms with Crippen LogP contribution in [-0.4, -0.2) is 35.0 Å². The molecule has 0 spiro atoms. The van der Waals surface area contributed by atoms with Crippen LogP contribution in [0.25, 0.3) is 0 Å². The van der Waals surface area contributed by atoms with E-state index in [1.54, 1.807) is 0 Å². The van der Waals surface area contributed by atoms with Crippen LogP contribution in [0, 0.1) is 10.2 Å². The summed E-state index contributed by atoms with van der Waals surface area (Å²) in [5, 5.41) is 12.0. The van der Waals surface area contributed by atoms with E-state index in [9.17, 15) is 0 Å². The summed E-state index contributed by atoms with van der Waals surface area (Å²) < 4.78 is 32.7. The van der Waals surface area contributed by atoms with Crippen LogP contribution in [0.4, 0.5) is 0 Å². The first-order chi connectivity index (χ1) is 7.00. The summed E-state index contributed by atoms with van der Waals surface area (Å²) in [7, 11) is -4.69. The molecule has 0 aliphatic carbocycles. The second-order valence-electron chi connectivity index (χ2n) is 1.70. The molecular formula is C4H7ClN6O4. The van der Waals surface area contributed by atoms with Crippen molar-refractivity contribution in [2.45, 2.75) is 0 Å². The predicted molar refractivity (Wildman–Crippen MR) is 35.0 cm³/mol. The molecule has 0 fully saturated rings. The number of H-pyrrole nitrogens is 2. The molecule has 2 aromatic rings. The maximum absolute atomic E-state index is 8.60. The van der Waals surface area contributed by atoms with Crippen molar-refractivity contribution in [2.24, 2.45) is 0 Å². The summed E-state index contributed by atoms with van der Waals surface area (Å²) in [5.74, 6) is 0. The van der Waals surface area contributed by atoms with Gasteiger partial charge in [0, 0.05) is 0 Å². The van der Waals surface area contributed by atoms with Gasteiger partial charge in [0.2, 0.25) is 0 Å². The van der Waals surface area contributed by atoms with Gasteiger partial charge in [-0.25, -0.2) is 9.97 Å². The van der Waals surface area contributed by atoms with Crippen molar-refractivity contribution < 1.29 is 28.9 Å². The molecule has 0 atom stereocenters. The number of halogens is 1. The van der Waals surface area contributed by atoms with Crippen molar-refractivity contribution >= 4 is 0 Å². The lowest BCUT2D eigenvalue weighted by atomic mass is 11.3. The number of hydrogen-bond donors (Lipinski definition) is 3.